The summed E-state index contributed by atoms with van der Waals surface area (Å²) < 4.78 is 5.90. The summed E-state index contributed by atoms with van der Waals surface area (Å²) in [5, 5.41) is 0. The maximum atomic E-state index is 5.90. The van der Waals surface area contributed by atoms with Crippen LogP contribution in [0.2, 0.25) is 0 Å². The van der Waals surface area contributed by atoms with Gasteiger partial charge in [-0.15, -0.1) is 0 Å². The largest absolute Gasteiger partial charge is 0.377 e. The SMILES string of the molecule is CCC(c1ccccc1)N1CCC(COC/C=C/c2ccccc2)CC1. The summed E-state index contributed by atoms with van der Waals surface area (Å²) in [6, 6.07) is 21.9. The van der Waals surface area contributed by atoms with E-state index < -0.39 is 0 Å². The molecule has 2 aromatic carbocycles. The van der Waals surface area contributed by atoms with E-state index in [0.29, 0.717) is 18.6 Å². The number of hydrogen-bond acceptors (Lipinski definition) is 2. The highest BCUT2D eigenvalue weighted by Gasteiger charge is 2.24. The van der Waals surface area contributed by atoms with Crippen LogP contribution >= 0.6 is 0 Å². The number of ether oxygens (including phenoxy) is 1. The van der Waals surface area contributed by atoms with Crippen molar-refractivity contribution in [1.29, 1.82) is 0 Å². The molecule has 0 amide bonds. The van der Waals surface area contributed by atoms with Crippen molar-refractivity contribution in [1.82, 2.24) is 4.90 Å². The van der Waals surface area contributed by atoms with E-state index in [9.17, 15) is 0 Å². The first-order valence-corrected chi connectivity index (χ1v) is 9.95. The monoisotopic (exact) mass is 349 g/mol. The van der Waals surface area contributed by atoms with Gasteiger partial charge >= 0.3 is 0 Å². The first-order chi connectivity index (χ1) is 12.9. The van der Waals surface area contributed by atoms with E-state index in [2.05, 4.69) is 78.6 Å². The lowest BCUT2D eigenvalue weighted by Crippen LogP contribution is -2.37. The summed E-state index contributed by atoms with van der Waals surface area (Å²) in [4.78, 5) is 2.65. The fourth-order valence-electron chi connectivity index (χ4n) is 3.86. The van der Waals surface area contributed by atoms with Crippen LogP contribution in [0, 0.1) is 5.92 Å². The molecule has 1 atom stereocenters. The summed E-state index contributed by atoms with van der Waals surface area (Å²) in [6.07, 6.45) is 7.91. The lowest BCUT2D eigenvalue weighted by molar-refractivity contribution is 0.0658. The molecule has 2 aromatic rings. The Bertz CT molecular complexity index is 644. The van der Waals surface area contributed by atoms with Crippen molar-refractivity contribution in [2.75, 3.05) is 26.3 Å². The third-order valence-electron chi connectivity index (χ3n) is 5.34. The number of benzene rings is 2. The van der Waals surface area contributed by atoms with Crippen LogP contribution in [0.25, 0.3) is 6.08 Å². The summed E-state index contributed by atoms with van der Waals surface area (Å²) in [7, 11) is 0. The lowest BCUT2D eigenvalue weighted by atomic mass is 9.94. The summed E-state index contributed by atoms with van der Waals surface area (Å²) in [5.41, 5.74) is 2.69. The van der Waals surface area contributed by atoms with Crippen LogP contribution in [0.1, 0.15) is 43.4 Å². The fraction of sp³-hybridized carbons (Fsp3) is 0.417. The minimum Gasteiger partial charge on any atom is -0.377 e. The first-order valence-electron chi connectivity index (χ1n) is 9.95. The fourth-order valence-corrected chi connectivity index (χ4v) is 3.86. The van der Waals surface area contributed by atoms with E-state index in [4.69, 9.17) is 4.74 Å². The molecule has 0 spiro atoms. The Kier molecular flexibility index (Phi) is 7.48. The molecule has 1 unspecified atom stereocenters. The van der Waals surface area contributed by atoms with Gasteiger partial charge in [-0.1, -0.05) is 79.7 Å². The predicted octanol–water partition coefficient (Wildman–Crippen LogP) is 5.58. The number of rotatable bonds is 8. The van der Waals surface area contributed by atoms with Gasteiger partial charge in [-0.2, -0.15) is 0 Å². The molecule has 0 saturated carbocycles. The summed E-state index contributed by atoms with van der Waals surface area (Å²) in [5.74, 6) is 0.699. The molecule has 26 heavy (non-hydrogen) atoms. The van der Waals surface area contributed by atoms with E-state index in [-0.39, 0.29) is 0 Å². The molecule has 0 bridgehead atoms. The molecule has 1 aliphatic rings. The van der Waals surface area contributed by atoms with Crippen molar-refractivity contribution in [2.45, 2.75) is 32.2 Å². The van der Waals surface area contributed by atoms with Crippen LogP contribution in [-0.2, 0) is 4.74 Å². The normalized spacial score (nSPS) is 17.6. The maximum Gasteiger partial charge on any atom is 0.0650 e. The molecule has 0 aromatic heterocycles. The number of likely N-dealkylation sites (tertiary alicyclic amines) is 1. The van der Waals surface area contributed by atoms with Crippen molar-refractivity contribution in [3.8, 4) is 0 Å². The quantitative estimate of drug-likeness (QED) is 0.577. The second kappa shape index (κ2) is 10.3. The van der Waals surface area contributed by atoms with E-state index >= 15 is 0 Å². The minimum atomic E-state index is 0.562. The third-order valence-corrected chi connectivity index (χ3v) is 5.34. The Balaban J connectivity index is 1.38. The molecule has 1 fully saturated rings. The highest BCUT2D eigenvalue weighted by atomic mass is 16.5. The van der Waals surface area contributed by atoms with Crippen LogP contribution in [0.3, 0.4) is 0 Å². The number of hydrogen-bond donors (Lipinski definition) is 0. The van der Waals surface area contributed by atoms with Gasteiger partial charge < -0.3 is 4.74 Å². The molecule has 3 rings (SSSR count). The standard InChI is InChI=1S/C24H31NO/c1-2-24(23-13-7-4-8-14-23)25-17-15-22(16-18-25)20-26-19-9-12-21-10-5-3-6-11-21/h3-14,22,24H,2,15-20H2,1H3/b12-9+. The Morgan fingerprint density at radius 3 is 2.31 bits per heavy atom. The zero-order chi connectivity index (χ0) is 18.0. The van der Waals surface area contributed by atoms with Gasteiger partial charge in [-0.25, -0.2) is 0 Å². The Hall–Kier alpha value is -1.90. The average molecular weight is 350 g/mol. The summed E-state index contributed by atoms with van der Waals surface area (Å²) in [6.45, 7) is 6.25. The molecule has 0 N–H and O–H groups in total. The van der Waals surface area contributed by atoms with Crippen LogP contribution in [-0.4, -0.2) is 31.2 Å². The van der Waals surface area contributed by atoms with Crippen molar-refractivity contribution >= 4 is 6.08 Å². The smallest absolute Gasteiger partial charge is 0.0650 e. The molecule has 0 aliphatic carbocycles. The average Bonchev–Trinajstić information content (AvgIpc) is 2.71. The molecule has 1 saturated heterocycles. The van der Waals surface area contributed by atoms with Crippen molar-refractivity contribution < 1.29 is 4.74 Å². The van der Waals surface area contributed by atoms with E-state index in [0.717, 1.165) is 6.61 Å². The number of piperidine rings is 1. The van der Waals surface area contributed by atoms with Gasteiger partial charge in [0.25, 0.3) is 0 Å². The number of nitrogens with zero attached hydrogens (tertiary/aromatic N) is 1. The molecule has 1 aliphatic heterocycles. The zero-order valence-electron chi connectivity index (χ0n) is 15.9. The van der Waals surface area contributed by atoms with Gasteiger partial charge in [0, 0.05) is 12.6 Å². The van der Waals surface area contributed by atoms with Crippen LogP contribution < -0.4 is 0 Å². The molecular weight excluding hydrogens is 318 g/mol. The molecule has 2 heteroatoms. The molecule has 0 radical (unpaired) electrons. The lowest BCUT2D eigenvalue weighted by Gasteiger charge is -2.37. The van der Waals surface area contributed by atoms with Gasteiger partial charge in [0.2, 0.25) is 0 Å². The Labute approximate surface area is 158 Å². The van der Waals surface area contributed by atoms with Crippen molar-refractivity contribution in [3.05, 3.63) is 77.9 Å². The van der Waals surface area contributed by atoms with Gasteiger partial charge in [0.15, 0.2) is 0 Å². The zero-order valence-corrected chi connectivity index (χ0v) is 15.9. The third kappa shape index (κ3) is 5.55. The highest BCUT2D eigenvalue weighted by molar-refractivity contribution is 5.48. The van der Waals surface area contributed by atoms with Crippen molar-refractivity contribution in [2.24, 2.45) is 5.92 Å². The Morgan fingerprint density at radius 2 is 1.65 bits per heavy atom. The van der Waals surface area contributed by atoms with Gasteiger partial charge in [0.1, 0.15) is 0 Å². The second-order valence-corrected chi connectivity index (χ2v) is 7.16. The molecular formula is C24H31NO. The van der Waals surface area contributed by atoms with Crippen LogP contribution in [0.4, 0.5) is 0 Å². The van der Waals surface area contributed by atoms with E-state index in [1.165, 1.54) is 43.5 Å². The van der Waals surface area contributed by atoms with Crippen LogP contribution in [0.15, 0.2) is 66.7 Å². The molecule has 138 valence electrons. The topological polar surface area (TPSA) is 12.5 Å². The van der Waals surface area contributed by atoms with Gasteiger partial charge in [-0.05, 0) is 49.4 Å². The van der Waals surface area contributed by atoms with E-state index in [1.807, 2.05) is 6.07 Å². The summed E-state index contributed by atoms with van der Waals surface area (Å²) >= 11 is 0. The van der Waals surface area contributed by atoms with E-state index in [1.54, 1.807) is 0 Å². The molecule has 2 nitrogen and oxygen atoms in total. The first kappa shape index (κ1) is 18.9. The molecule has 1 heterocycles. The highest BCUT2D eigenvalue weighted by Crippen LogP contribution is 2.29. The van der Waals surface area contributed by atoms with Gasteiger partial charge in [0.05, 0.1) is 6.61 Å². The maximum absolute atomic E-state index is 5.90. The predicted molar refractivity (Wildman–Crippen MR) is 110 cm³/mol. The van der Waals surface area contributed by atoms with Gasteiger partial charge in [-0.3, -0.25) is 4.90 Å². The second-order valence-electron chi connectivity index (χ2n) is 7.16. The Morgan fingerprint density at radius 1 is 1.00 bits per heavy atom. The minimum absolute atomic E-state index is 0.562. The van der Waals surface area contributed by atoms with Crippen molar-refractivity contribution in [3.63, 3.8) is 0 Å². The van der Waals surface area contributed by atoms with Crippen LogP contribution in [0.5, 0.6) is 0 Å².